The average molecular weight is 390 g/mol. The first-order valence-corrected chi connectivity index (χ1v) is 9.69. The molecular formula is C22H27N7. The monoisotopic (exact) mass is 389 g/mol. The molecule has 0 aliphatic carbocycles. The second-order valence-electron chi connectivity index (χ2n) is 7.97. The lowest BCUT2D eigenvalue weighted by atomic mass is 9.84. The molecule has 7 heteroatoms. The zero-order chi connectivity index (χ0) is 20.7. The minimum Gasteiger partial charge on any atom is -0.323 e. The number of hydrogen-bond acceptors (Lipinski definition) is 7. The third-order valence-corrected chi connectivity index (χ3v) is 4.60. The fraction of sp³-hybridized carbons (Fsp3) is 0.409. The first kappa shape index (κ1) is 20.6. The molecular weight excluding hydrogens is 362 g/mol. The van der Waals surface area contributed by atoms with Gasteiger partial charge in [0.1, 0.15) is 11.5 Å². The van der Waals surface area contributed by atoms with Gasteiger partial charge in [-0.2, -0.15) is 5.10 Å². The number of pyridine rings is 1. The van der Waals surface area contributed by atoms with Gasteiger partial charge < -0.3 is 5.84 Å². The summed E-state index contributed by atoms with van der Waals surface area (Å²) in [6.45, 7) is 10.1. The van der Waals surface area contributed by atoms with E-state index in [-0.39, 0.29) is 0 Å². The van der Waals surface area contributed by atoms with Crippen LogP contribution in [0.25, 0.3) is 0 Å². The summed E-state index contributed by atoms with van der Waals surface area (Å²) in [6.07, 6.45) is 7.51. The summed E-state index contributed by atoms with van der Waals surface area (Å²) in [5, 5.41) is 3.84. The van der Waals surface area contributed by atoms with Crippen molar-refractivity contribution in [1.82, 2.24) is 19.9 Å². The Kier molecular flexibility index (Phi) is 6.68. The summed E-state index contributed by atoms with van der Waals surface area (Å²) in [4.78, 5) is 19.6. The van der Waals surface area contributed by atoms with E-state index in [1.165, 1.54) is 0 Å². The Morgan fingerprint density at radius 2 is 2.03 bits per heavy atom. The minimum atomic E-state index is 0.426. The van der Waals surface area contributed by atoms with Gasteiger partial charge >= 0.3 is 0 Å². The molecule has 0 saturated carbocycles. The van der Waals surface area contributed by atoms with Crippen molar-refractivity contribution in [3.05, 3.63) is 53.4 Å². The van der Waals surface area contributed by atoms with E-state index in [0.717, 1.165) is 36.6 Å². The highest BCUT2D eigenvalue weighted by Crippen LogP contribution is 2.27. The Balaban J connectivity index is 1.57. The number of nitrogens with zero attached hydrogens (tertiary/aromatic N) is 6. The molecule has 2 aromatic heterocycles. The molecule has 3 rings (SSSR count). The molecule has 1 aliphatic heterocycles. The lowest BCUT2D eigenvalue weighted by molar-refractivity contribution is 0.0443. The highest BCUT2D eigenvalue weighted by atomic mass is 15.2. The fourth-order valence-corrected chi connectivity index (χ4v) is 3.37. The Morgan fingerprint density at radius 3 is 2.69 bits per heavy atom. The molecule has 2 N–H and O–H groups in total. The Labute approximate surface area is 172 Å². The predicted octanol–water partition coefficient (Wildman–Crippen LogP) is 1.85. The highest BCUT2D eigenvalue weighted by Gasteiger charge is 2.32. The van der Waals surface area contributed by atoms with E-state index in [1.54, 1.807) is 30.9 Å². The second-order valence-corrected chi connectivity index (χ2v) is 7.97. The SMILES string of the molecule is Cc1cc(C#CCN2CC(C)(C)C2)cnc1/C(C=NCCc1ncccn1)=N/N. The molecule has 7 nitrogen and oxygen atoms in total. The molecule has 0 unspecified atom stereocenters. The number of aliphatic imine (C=N–C) groups is 1. The lowest BCUT2D eigenvalue weighted by Gasteiger charge is -2.44. The number of likely N-dealkylation sites (tertiary alicyclic amines) is 1. The van der Waals surface area contributed by atoms with Crippen LogP contribution in [0.4, 0.5) is 0 Å². The third kappa shape index (κ3) is 5.93. The molecule has 0 spiro atoms. The number of hydrogen-bond donors (Lipinski definition) is 1. The summed E-state index contributed by atoms with van der Waals surface area (Å²) in [5.74, 6) is 12.7. The van der Waals surface area contributed by atoms with Gasteiger partial charge in [0, 0.05) is 50.2 Å². The van der Waals surface area contributed by atoms with Crippen molar-refractivity contribution >= 4 is 11.9 Å². The predicted molar refractivity (Wildman–Crippen MR) is 116 cm³/mol. The number of rotatable bonds is 6. The van der Waals surface area contributed by atoms with Gasteiger partial charge in [-0.25, -0.2) is 9.97 Å². The summed E-state index contributed by atoms with van der Waals surface area (Å²) < 4.78 is 0. The van der Waals surface area contributed by atoms with Gasteiger partial charge in [-0.15, -0.1) is 0 Å². The quantitative estimate of drug-likeness (QED) is 0.352. The van der Waals surface area contributed by atoms with Crippen LogP contribution in [0, 0.1) is 24.2 Å². The van der Waals surface area contributed by atoms with Gasteiger partial charge in [0.05, 0.1) is 18.5 Å². The maximum Gasteiger partial charge on any atom is 0.130 e. The molecule has 0 atom stereocenters. The normalized spacial score (nSPS) is 16.3. The largest absolute Gasteiger partial charge is 0.323 e. The fourth-order valence-electron chi connectivity index (χ4n) is 3.37. The van der Waals surface area contributed by atoms with Crippen molar-refractivity contribution in [2.24, 2.45) is 21.4 Å². The van der Waals surface area contributed by atoms with Crippen LogP contribution in [-0.2, 0) is 6.42 Å². The molecule has 29 heavy (non-hydrogen) atoms. The second kappa shape index (κ2) is 9.39. The zero-order valence-electron chi connectivity index (χ0n) is 17.3. The molecule has 0 amide bonds. The number of aromatic nitrogens is 3. The lowest BCUT2D eigenvalue weighted by Crippen LogP contribution is -2.52. The summed E-state index contributed by atoms with van der Waals surface area (Å²) in [6, 6.07) is 3.80. The van der Waals surface area contributed by atoms with Gasteiger partial charge in [-0.1, -0.05) is 25.7 Å². The van der Waals surface area contributed by atoms with Gasteiger partial charge in [-0.05, 0) is 30.0 Å². The van der Waals surface area contributed by atoms with Crippen molar-refractivity contribution in [3.63, 3.8) is 0 Å². The molecule has 0 radical (unpaired) electrons. The van der Waals surface area contributed by atoms with Gasteiger partial charge in [0.25, 0.3) is 0 Å². The van der Waals surface area contributed by atoms with E-state index in [4.69, 9.17) is 5.84 Å². The minimum absolute atomic E-state index is 0.426. The van der Waals surface area contributed by atoms with Gasteiger partial charge in [-0.3, -0.25) is 14.9 Å². The van der Waals surface area contributed by atoms with Crippen molar-refractivity contribution in [3.8, 4) is 11.8 Å². The average Bonchev–Trinajstić information content (AvgIpc) is 2.68. The number of nitrogens with two attached hydrogens (primary N) is 1. The molecule has 1 saturated heterocycles. The maximum absolute atomic E-state index is 5.56. The summed E-state index contributed by atoms with van der Waals surface area (Å²) in [7, 11) is 0. The van der Waals surface area contributed by atoms with Crippen LogP contribution in [0.3, 0.4) is 0 Å². The Bertz CT molecular complexity index is 944. The maximum atomic E-state index is 5.56. The first-order valence-electron chi connectivity index (χ1n) is 9.69. The molecule has 150 valence electrons. The molecule has 3 heterocycles. The summed E-state index contributed by atoms with van der Waals surface area (Å²) >= 11 is 0. The van der Waals surface area contributed by atoms with Crippen LogP contribution in [0.2, 0.25) is 0 Å². The molecule has 2 aromatic rings. The Morgan fingerprint density at radius 1 is 1.28 bits per heavy atom. The van der Waals surface area contributed by atoms with E-state index >= 15 is 0 Å². The molecule has 0 aromatic carbocycles. The van der Waals surface area contributed by atoms with E-state index in [0.29, 0.717) is 29.8 Å². The van der Waals surface area contributed by atoms with Crippen molar-refractivity contribution in [1.29, 1.82) is 0 Å². The van der Waals surface area contributed by atoms with Crippen molar-refractivity contribution < 1.29 is 0 Å². The molecule has 1 aliphatic rings. The standard InChI is InChI=1S/C22H27N7/c1-17-12-18(6-4-11-29-15-22(2,3)16-29)13-27-21(17)19(28-23)14-24-10-7-20-25-8-5-9-26-20/h5,8-9,12-14H,7,10-11,15-16,23H2,1-3H3/b24-14?,28-19+. The van der Waals surface area contributed by atoms with Gasteiger partial charge in [0.15, 0.2) is 0 Å². The topological polar surface area (TPSA) is 92.6 Å². The number of hydrazone groups is 1. The first-order chi connectivity index (χ1) is 14.0. The Hall–Kier alpha value is -3.11. The van der Waals surface area contributed by atoms with E-state index in [1.807, 2.05) is 13.0 Å². The number of aryl methyl sites for hydroxylation is 1. The van der Waals surface area contributed by atoms with Crippen molar-refractivity contribution in [2.75, 3.05) is 26.2 Å². The smallest absolute Gasteiger partial charge is 0.130 e. The van der Waals surface area contributed by atoms with E-state index in [2.05, 4.69) is 55.6 Å². The van der Waals surface area contributed by atoms with Crippen LogP contribution >= 0.6 is 0 Å². The molecule has 1 fully saturated rings. The summed E-state index contributed by atoms with van der Waals surface area (Å²) in [5.41, 5.74) is 3.53. The van der Waals surface area contributed by atoms with Crippen LogP contribution in [0.5, 0.6) is 0 Å². The highest BCUT2D eigenvalue weighted by molar-refractivity contribution is 6.37. The van der Waals surface area contributed by atoms with Crippen molar-refractivity contribution in [2.45, 2.75) is 27.2 Å². The zero-order valence-corrected chi connectivity index (χ0v) is 17.3. The molecule has 0 bridgehead atoms. The van der Waals surface area contributed by atoms with E-state index < -0.39 is 0 Å². The van der Waals surface area contributed by atoms with E-state index in [9.17, 15) is 0 Å². The van der Waals surface area contributed by atoms with Gasteiger partial charge in [0.2, 0.25) is 0 Å². The van der Waals surface area contributed by atoms with Crippen LogP contribution < -0.4 is 5.84 Å². The van der Waals surface area contributed by atoms with Crippen LogP contribution in [-0.4, -0.2) is 58.0 Å². The van der Waals surface area contributed by atoms with Crippen LogP contribution in [0.15, 0.2) is 40.8 Å². The third-order valence-electron chi connectivity index (χ3n) is 4.60. The van der Waals surface area contributed by atoms with Crippen LogP contribution in [0.1, 0.15) is 36.5 Å².